The Morgan fingerprint density at radius 2 is 1.83 bits per heavy atom. The van der Waals surface area contributed by atoms with Gasteiger partial charge >= 0.3 is 0 Å². The van der Waals surface area contributed by atoms with Crippen LogP contribution in [0.5, 0.6) is 5.75 Å². The average Bonchev–Trinajstić information content (AvgIpc) is 3.39. The molecule has 264 valence electrons. The van der Waals surface area contributed by atoms with Crippen LogP contribution >= 0.6 is 11.3 Å². The van der Waals surface area contributed by atoms with Gasteiger partial charge in [0.25, 0.3) is 0 Å². The molecule has 0 aliphatic carbocycles. The van der Waals surface area contributed by atoms with E-state index in [1.807, 2.05) is 44.7 Å². The zero-order valence-corrected chi connectivity index (χ0v) is 29.8. The first-order valence-electron chi connectivity index (χ1n) is 17.5. The standard InChI is InChI=1S/C36H54N6O5S/c1-24-29-21-32(45)40-27(11-7-8-16-38-33(46)22-36(2,3)4)20-31(44)37-17-9-12-28(39-23-26-10-5-6-13-30(26)43)35(47)42-18-14-25(15-19-42)34(41-29)48-24/h5-6,10,13,25,27-28,39,43H,7-9,11-12,14-23H2,1-4H3,(H,37,44)(H,38,46)(H,40,45)/t27-,28-/m0/s1. The zero-order valence-electron chi connectivity index (χ0n) is 29.0. The lowest BCUT2D eigenvalue weighted by Gasteiger charge is -2.34. The molecule has 1 fully saturated rings. The van der Waals surface area contributed by atoms with E-state index in [0.29, 0.717) is 58.4 Å². The number of fused-ring (bicyclic) bond motifs is 13. The number of nitrogens with zero attached hydrogens (tertiary/aromatic N) is 2. The van der Waals surface area contributed by atoms with Crippen molar-refractivity contribution < 1.29 is 24.3 Å². The SMILES string of the molecule is Cc1sc2nc1CC(=O)N[C@@H](CCCCNC(=O)CC(C)(C)C)CC(=O)NCCC[C@H](NCc1ccccc1O)C(=O)N1CCC2CC1. The normalized spacial score (nSPS) is 21.5. The van der Waals surface area contributed by atoms with Gasteiger partial charge in [-0.05, 0) is 63.4 Å². The van der Waals surface area contributed by atoms with Gasteiger partial charge in [-0.3, -0.25) is 19.2 Å². The van der Waals surface area contributed by atoms with Gasteiger partial charge in [-0.25, -0.2) is 4.98 Å². The fourth-order valence-corrected chi connectivity index (χ4v) is 7.44. The van der Waals surface area contributed by atoms with E-state index in [1.54, 1.807) is 23.5 Å². The molecule has 0 saturated carbocycles. The van der Waals surface area contributed by atoms with Crippen molar-refractivity contribution in [2.24, 2.45) is 5.41 Å². The van der Waals surface area contributed by atoms with E-state index in [2.05, 4.69) is 21.3 Å². The van der Waals surface area contributed by atoms with Crippen molar-refractivity contribution >= 4 is 35.0 Å². The van der Waals surface area contributed by atoms with Crippen LogP contribution in [0, 0.1) is 12.3 Å². The molecule has 4 bridgehead atoms. The maximum atomic E-state index is 13.7. The summed E-state index contributed by atoms with van der Waals surface area (Å²) >= 11 is 1.63. The molecule has 1 aromatic heterocycles. The number of carbonyl (C=O) groups is 4. The summed E-state index contributed by atoms with van der Waals surface area (Å²) in [7, 11) is 0. The van der Waals surface area contributed by atoms with Gasteiger partial charge in [0.05, 0.1) is 23.2 Å². The Bertz CT molecular complexity index is 1400. The van der Waals surface area contributed by atoms with Crippen molar-refractivity contribution in [2.75, 3.05) is 26.2 Å². The zero-order chi connectivity index (χ0) is 34.7. The summed E-state index contributed by atoms with van der Waals surface area (Å²) in [4.78, 5) is 60.0. The molecule has 2 aromatic rings. The molecule has 12 heteroatoms. The fraction of sp³-hybridized carbons (Fsp3) is 0.639. The van der Waals surface area contributed by atoms with Crippen molar-refractivity contribution in [3.8, 4) is 5.75 Å². The molecule has 0 unspecified atom stereocenters. The van der Waals surface area contributed by atoms with E-state index in [1.165, 1.54) is 0 Å². The van der Waals surface area contributed by atoms with Crippen LogP contribution in [-0.2, 0) is 32.1 Å². The Balaban J connectivity index is 1.42. The highest BCUT2D eigenvalue weighted by molar-refractivity contribution is 7.11. The van der Waals surface area contributed by atoms with Crippen molar-refractivity contribution in [2.45, 2.75) is 116 Å². The molecule has 2 atom stereocenters. The van der Waals surface area contributed by atoms with Crippen molar-refractivity contribution in [1.82, 2.24) is 31.2 Å². The smallest absolute Gasteiger partial charge is 0.239 e. The Kier molecular flexibility index (Phi) is 13.8. The lowest BCUT2D eigenvalue weighted by atomic mass is 9.92. The minimum atomic E-state index is -0.454. The second-order valence-electron chi connectivity index (χ2n) is 14.4. The van der Waals surface area contributed by atoms with Crippen LogP contribution in [0.1, 0.15) is 106 Å². The average molecular weight is 683 g/mol. The highest BCUT2D eigenvalue weighted by atomic mass is 32.1. The number of aryl methyl sites for hydroxylation is 1. The molecule has 0 radical (unpaired) electrons. The van der Waals surface area contributed by atoms with E-state index in [0.717, 1.165) is 46.8 Å². The number of hydrogen-bond donors (Lipinski definition) is 5. The predicted octanol–water partition coefficient (Wildman–Crippen LogP) is 4.07. The van der Waals surface area contributed by atoms with Crippen LogP contribution in [0.15, 0.2) is 24.3 Å². The van der Waals surface area contributed by atoms with Crippen LogP contribution < -0.4 is 21.3 Å². The lowest BCUT2D eigenvalue weighted by molar-refractivity contribution is -0.134. The lowest BCUT2D eigenvalue weighted by Crippen LogP contribution is -2.49. The van der Waals surface area contributed by atoms with Crippen LogP contribution in [0.25, 0.3) is 0 Å². The summed E-state index contributed by atoms with van der Waals surface area (Å²) < 4.78 is 0. The molecule has 1 saturated heterocycles. The number of para-hydroxylation sites is 1. The number of nitrogens with one attached hydrogen (secondary N) is 4. The first-order chi connectivity index (χ1) is 22.9. The van der Waals surface area contributed by atoms with Gasteiger partial charge in [-0.1, -0.05) is 39.0 Å². The molecular weight excluding hydrogens is 629 g/mol. The van der Waals surface area contributed by atoms with E-state index < -0.39 is 6.04 Å². The van der Waals surface area contributed by atoms with Crippen LogP contribution in [0.3, 0.4) is 0 Å². The van der Waals surface area contributed by atoms with Crippen molar-refractivity contribution in [3.63, 3.8) is 0 Å². The Morgan fingerprint density at radius 3 is 2.56 bits per heavy atom. The minimum absolute atomic E-state index is 0.0303. The fourth-order valence-electron chi connectivity index (χ4n) is 6.34. The molecule has 11 nitrogen and oxygen atoms in total. The quantitative estimate of drug-likeness (QED) is 0.250. The summed E-state index contributed by atoms with van der Waals surface area (Å²) in [5, 5.41) is 23.7. The van der Waals surface area contributed by atoms with Gasteiger partial charge in [0.1, 0.15) is 5.75 Å². The van der Waals surface area contributed by atoms with Gasteiger partial charge < -0.3 is 31.3 Å². The van der Waals surface area contributed by atoms with E-state index in [9.17, 15) is 24.3 Å². The Morgan fingerprint density at radius 1 is 1.08 bits per heavy atom. The molecule has 4 amide bonds. The van der Waals surface area contributed by atoms with Crippen LogP contribution in [-0.4, -0.2) is 76.9 Å². The molecule has 3 aliphatic rings. The summed E-state index contributed by atoms with van der Waals surface area (Å²) in [5.74, 6) is 0.185. The minimum Gasteiger partial charge on any atom is -0.508 e. The number of phenols is 1. The monoisotopic (exact) mass is 682 g/mol. The second-order valence-corrected chi connectivity index (χ2v) is 15.7. The van der Waals surface area contributed by atoms with Gasteiger partial charge in [-0.15, -0.1) is 11.3 Å². The van der Waals surface area contributed by atoms with Crippen molar-refractivity contribution in [1.29, 1.82) is 0 Å². The number of thiazole rings is 1. The predicted molar refractivity (Wildman–Crippen MR) is 188 cm³/mol. The number of unbranched alkanes of at least 4 members (excludes halogenated alkanes) is 1. The van der Waals surface area contributed by atoms with Gasteiger partial charge in [-0.2, -0.15) is 0 Å². The first kappa shape index (κ1) is 37.3. The van der Waals surface area contributed by atoms with Gasteiger partial charge in [0, 0.05) is 68.0 Å². The summed E-state index contributed by atoms with van der Waals surface area (Å²) in [6, 6.07) is 6.31. The number of benzene rings is 1. The highest BCUT2D eigenvalue weighted by Gasteiger charge is 2.31. The molecule has 1 aromatic carbocycles. The number of aromatic nitrogens is 1. The van der Waals surface area contributed by atoms with Crippen LogP contribution in [0.4, 0.5) is 0 Å². The summed E-state index contributed by atoms with van der Waals surface area (Å²) in [6.45, 7) is 10.7. The van der Waals surface area contributed by atoms with Gasteiger partial charge in [0.15, 0.2) is 0 Å². The molecule has 5 rings (SSSR count). The highest BCUT2D eigenvalue weighted by Crippen LogP contribution is 2.33. The second kappa shape index (κ2) is 17.8. The number of hydrogen-bond acceptors (Lipinski definition) is 8. The van der Waals surface area contributed by atoms with Crippen LogP contribution in [0.2, 0.25) is 0 Å². The number of aromatic hydroxyl groups is 1. The molecule has 3 aliphatic heterocycles. The van der Waals surface area contributed by atoms with E-state index in [4.69, 9.17) is 4.98 Å². The summed E-state index contributed by atoms with van der Waals surface area (Å²) in [6.07, 6.45) is 5.62. The number of carbonyl (C=O) groups excluding carboxylic acids is 4. The topological polar surface area (TPSA) is 153 Å². The van der Waals surface area contributed by atoms with E-state index in [-0.39, 0.29) is 59.6 Å². The maximum absolute atomic E-state index is 13.7. The van der Waals surface area contributed by atoms with E-state index >= 15 is 0 Å². The Hall–Kier alpha value is -3.51. The number of amides is 4. The number of rotatable bonds is 9. The van der Waals surface area contributed by atoms with Crippen molar-refractivity contribution in [3.05, 3.63) is 45.4 Å². The summed E-state index contributed by atoms with van der Waals surface area (Å²) in [5.41, 5.74) is 1.42. The third kappa shape index (κ3) is 11.9. The number of piperidine rings is 1. The molecule has 4 heterocycles. The third-order valence-corrected chi connectivity index (χ3v) is 10.2. The first-order valence-corrected chi connectivity index (χ1v) is 18.3. The molecular formula is C36H54N6O5S. The largest absolute Gasteiger partial charge is 0.508 e. The molecule has 0 spiro atoms. The molecule has 5 N–H and O–H groups in total. The molecule has 48 heavy (non-hydrogen) atoms. The third-order valence-electron chi connectivity index (χ3n) is 9.00. The number of phenolic OH excluding ortho intramolecular Hbond substituents is 1. The van der Waals surface area contributed by atoms with Gasteiger partial charge in [0.2, 0.25) is 23.6 Å². The Labute approximate surface area is 289 Å². The maximum Gasteiger partial charge on any atom is 0.239 e.